The van der Waals surface area contributed by atoms with Crippen LogP contribution in [0, 0.1) is 0 Å². The van der Waals surface area contributed by atoms with Gasteiger partial charge in [0.2, 0.25) is 0 Å². The molecule has 2 N–H and O–H groups in total. The predicted molar refractivity (Wildman–Crippen MR) is 81.9 cm³/mol. The summed E-state index contributed by atoms with van der Waals surface area (Å²) in [6, 6.07) is 10.3. The summed E-state index contributed by atoms with van der Waals surface area (Å²) >= 11 is 0. The van der Waals surface area contributed by atoms with Crippen LogP contribution in [-0.4, -0.2) is 73.2 Å². The van der Waals surface area contributed by atoms with E-state index >= 15 is 0 Å². The van der Waals surface area contributed by atoms with Crippen molar-refractivity contribution >= 4 is 10.3 Å². The zero-order valence-electron chi connectivity index (χ0n) is 13.4. The van der Waals surface area contributed by atoms with Crippen molar-refractivity contribution in [2.45, 2.75) is 12.6 Å². The van der Waals surface area contributed by atoms with E-state index in [1.54, 1.807) is 4.72 Å². The summed E-state index contributed by atoms with van der Waals surface area (Å²) in [7, 11) is -4.49. The molecule has 1 aliphatic rings. The van der Waals surface area contributed by atoms with Crippen molar-refractivity contribution in [3.8, 4) is 0 Å². The maximum absolute atomic E-state index is 10.4. The maximum Gasteiger partial charge on any atom is 1.00 e. The molecule has 0 saturated carbocycles. The van der Waals surface area contributed by atoms with E-state index in [1.165, 1.54) is 5.56 Å². The molecule has 1 aliphatic heterocycles. The van der Waals surface area contributed by atoms with E-state index in [-0.39, 0.29) is 57.9 Å². The Kier molecular flexibility index (Phi) is 9.94. The third-order valence-electron chi connectivity index (χ3n) is 3.68. The van der Waals surface area contributed by atoms with Crippen molar-refractivity contribution in [3.63, 3.8) is 0 Å². The number of aliphatic hydroxyl groups excluding tert-OH is 1. The number of rotatable bonds is 7. The molecule has 1 heterocycles. The third kappa shape index (κ3) is 9.03. The van der Waals surface area contributed by atoms with Crippen LogP contribution >= 0.6 is 0 Å². The average Bonchev–Trinajstić information content (AvgIpc) is 2.48. The van der Waals surface area contributed by atoms with Crippen molar-refractivity contribution in [3.05, 3.63) is 35.9 Å². The van der Waals surface area contributed by atoms with Crippen LogP contribution in [-0.2, 0) is 16.8 Å². The molecule has 0 aromatic heterocycles. The van der Waals surface area contributed by atoms with Crippen molar-refractivity contribution in [2.24, 2.45) is 0 Å². The summed E-state index contributed by atoms with van der Waals surface area (Å²) in [4.78, 5) is 4.42. The molecule has 23 heavy (non-hydrogen) atoms. The van der Waals surface area contributed by atoms with Crippen molar-refractivity contribution < 1.29 is 69.5 Å². The summed E-state index contributed by atoms with van der Waals surface area (Å²) in [5.41, 5.74) is 1.28. The monoisotopic (exact) mass is 367 g/mol. The molecule has 1 saturated heterocycles. The minimum absolute atomic E-state index is 0. The van der Waals surface area contributed by atoms with Gasteiger partial charge in [0.15, 0.2) is 10.3 Å². The summed E-state index contributed by atoms with van der Waals surface area (Å²) in [6.07, 6.45) is -0.871. The van der Waals surface area contributed by atoms with Gasteiger partial charge >= 0.3 is 51.4 Å². The Morgan fingerprint density at radius 1 is 1.13 bits per heavy atom. The fourth-order valence-corrected chi connectivity index (χ4v) is 2.93. The number of nitrogens with one attached hydrogen (secondary N) is 1. The molecule has 7 nitrogen and oxygen atoms in total. The molecule has 0 bridgehead atoms. The largest absolute Gasteiger partial charge is 1.00 e. The Hall–Kier alpha value is 0.606. The molecule has 0 amide bonds. The molecule has 1 unspecified atom stereocenters. The molecule has 0 radical (unpaired) electrons. The van der Waals surface area contributed by atoms with Gasteiger partial charge in [-0.05, 0) is 5.56 Å². The Bertz CT molecular complexity index is 550. The molecule has 0 aliphatic carbocycles. The number of piperazine rings is 1. The van der Waals surface area contributed by atoms with Crippen LogP contribution < -0.4 is 56.1 Å². The van der Waals surface area contributed by atoms with Crippen LogP contribution in [0.2, 0.25) is 0 Å². The number of β-amino-alcohol motifs (C(OH)–C–C–N with tert-alkyl or cyclic N) is 1. The van der Waals surface area contributed by atoms with Gasteiger partial charge in [0.1, 0.15) is 0 Å². The smallest absolute Gasteiger partial charge is 0.735 e. The number of hydrogen-bond donors (Lipinski definition) is 2. The van der Waals surface area contributed by atoms with Gasteiger partial charge in [0.25, 0.3) is 0 Å². The number of hydrogen-bond acceptors (Lipinski definition) is 6. The molecule has 124 valence electrons. The van der Waals surface area contributed by atoms with Gasteiger partial charge in [-0.1, -0.05) is 30.3 Å². The van der Waals surface area contributed by atoms with Gasteiger partial charge in [0.05, 0.1) is 6.10 Å². The topological polar surface area (TPSA) is 95.9 Å². The molecule has 9 heteroatoms. The van der Waals surface area contributed by atoms with E-state index in [4.69, 9.17) is 0 Å². The van der Waals surface area contributed by atoms with Gasteiger partial charge in [-0.3, -0.25) is 9.80 Å². The number of nitrogens with zero attached hydrogens (tertiary/aromatic N) is 2. The Labute approximate surface area is 180 Å². The van der Waals surface area contributed by atoms with Crippen LogP contribution in [0.3, 0.4) is 0 Å². The van der Waals surface area contributed by atoms with Crippen LogP contribution in [0.1, 0.15) is 5.56 Å². The SMILES string of the molecule is O=S(=O)([O-])NCC(O)CN1CCN(Cc2ccccc2)CC1.[K+]. The van der Waals surface area contributed by atoms with Gasteiger partial charge in [-0.15, -0.1) is 0 Å². The van der Waals surface area contributed by atoms with Crippen LogP contribution in [0.5, 0.6) is 0 Å². The first kappa shape index (κ1) is 21.6. The minimum atomic E-state index is -4.49. The molecule has 1 aromatic rings. The Balaban J connectivity index is 0.00000264. The molecular formula is C14H22KN3O4S. The molecule has 1 aromatic carbocycles. The molecular weight excluding hydrogens is 345 g/mol. The second-order valence-corrected chi connectivity index (χ2v) is 6.72. The van der Waals surface area contributed by atoms with Gasteiger partial charge in [0, 0.05) is 45.8 Å². The summed E-state index contributed by atoms with van der Waals surface area (Å²) in [5.74, 6) is 0. The van der Waals surface area contributed by atoms with E-state index in [2.05, 4.69) is 21.9 Å². The van der Waals surface area contributed by atoms with Gasteiger partial charge in [-0.2, -0.15) is 0 Å². The first-order valence-corrected chi connectivity index (χ1v) is 8.70. The summed E-state index contributed by atoms with van der Waals surface area (Å²) < 4.78 is 33.1. The Morgan fingerprint density at radius 2 is 1.70 bits per heavy atom. The zero-order valence-corrected chi connectivity index (χ0v) is 17.3. The fraction of sp³-hybridized carbons (Fsp3) is 0.571. The molecule has 1 fully saturated rings. The minimum Gasteiger partial charge on any atom is -0.735 e. The van der Waals surface area contributed by atoms with Crippen molar-refractivity contribution in [1.29, 1.82) is 0 Å². The van der Waals surface area contributed by atoms with Crippen LogP contribution in [0.15, 0.2) is 30.3 Å². The third-order valence-corrected chi connectivity index (χ3v) is 4.20. The maximum atomic E-state index is 10.4. The van der Waals surface area contributed by atoms with Crippen LogP contribution in [0.25, 0.3) is 0 Å². The first-order chi connectivity index (χ1) is 10.4. The number of benzene rings is 1. The Morgan fingerprint density at radius 3 is 2.26 bits per heavy atom. The molecule has 1 atom stereocenters. The first-order valence-electron chi connectivity index (χ1n) is 7.29. The van der Waals surface area contributed by atoms with Gasteiger partial charge < -0.3 is 9.66 Å². The number of aliphatic hydroxyl groups is 1. The zero-order chi connectivity index (χ0) is 16.0. The predicted octanol–water partition coefficient (Wildman–Crippen LogP) is -3.78. The van der Waals surface area contributed by atoms with E-state index in [0.29, 0.717) is 6.54 Å². The summed E-state index contributed by atoms with van der Waals surface area (Å²) in [6.45, 7) is 4.46. The van der Waals surface area contributed by atoms with Gasteiger partial charge in [-0.25, -0.2) is 13.1 Å². The molecule has 0 spiro atoms. The standard InChI is InChI=1S/C14H23N3O4S.K/c18-14(10-15-22(19,20)21)12-17-8-6-16(7-9-17)11-13-4-2-1-3-5-13;/h1-5,14-15,18H,6-12H2,(H,19,20,21);/q;+1/p-1. The van der Waals surface area contributed by atoms with E-state index in [9.17, 15) is 18.1 Å². The normalized spacial score (nSPS) is 18.3. The van der Waals surface area contributed by atoms with Crippen LogP contribution in [0.4, 0.5) is 0 Å². The quantitative estimate of drug-likeness (QED) is 0.379. The van der Waals surface area contributed by atoms with Crippen molar-refractivity contribution in [1.82, 2.24) is 14.5 Å². The second-order valence-electron chi connectivity index (χ2n) is 5.52. The van der Waals surface area contributed by atoms with E-state index in [1.807, 2.05) is 18.2 Å². The van der Waals surface area contributed by atoms with E-state index in [0.717, 1.165) is 32.7 Å². The average molecular weight is 368 g/mol. The summed E-state index contributed by atoms with van der Waals surface area (Å²) in [5, 5.41) is 9.74. The fourth-order valence-electron chi connectivity index (χ4n) is 2.53. The van der Waals surface area contributed by atoms with E-state index < -0.39 is 16.4 Å². The van der Waals surface area contributed by atoms with Crippen molar-refractivity contribution in [2.75, 3.05) is 39.3 Å². The molecule has 2 rings (SSSR count). The second kappa shape index (κ2) is 10.6.